The molecule has 0 radical (unpaired) electrons. The van der Waals surface area contributed by atoms with E-state index in [1.54, 1.807) is 5.69 Å². The Morgan fingerprint density at radius 1 is 1.15 bits per heavy atom. The molecule has 1 aliphatic heterocycles. The predicted molar refractivity (Wildman–Crippen MR) is 81.0 cm³/mol. The highest BCUT2D eigenvalue weighted by Gasteiger charge is 2.38. The van der Waals surface area contributed by atoms with Gasteiger partial charge in [0, 0.05) is 36.7 Å². The van der Waals surface area contributed by atoms with Crippen molar-refractivity contribution < 1.29 is 0 Å². The smallest absolute Gasteiger partial charge is 0.112 e. The molecule has 0 spiro atoms. The Kier molecular flexibility index (Phi) is 3.13. The van der Waals surface area contributed by atoms with Crippen LogP contribution in [0, 0.1) is 0 Å². The molecular formula is C17H27N3. The second kappa shape index (κ2) is 4.87. The predicted octanol–water partition coefficient (Wildman–Crippen LogP) is 3.48. The summed E-state index contributed by atoms with van der Waals surface area (Å²) in [6.07, 6.45) is 12.2. The minimum absolute atomic E-state index is 0.357. The minimum Gasteiger partial charge on any atom is -0.326 e. The van der Waals surface area contributed by atoms with Gasteiger partial charge in [-0.25, -0.2) is 4.98 Å². The van der Waals surface area contributed by atoms with Crippen LogP contribution in [0.1, 0.15) is 81.4 Å². The highest BCUT2D eigenvalue weighted by atomic mass is 15.2. The minimum atomic E-state index is 0.357. The van der Waals surface area contributed by atoms with Gasteiger partial charge in [-0.2, -0.15) is 0 Å². The zero-order chi connectivity index (χ0) is 13.6. The summed E-state index contributed by atoms with van der Waals surface area (Å²) in [7, 11) is 0. The number of hydrogen-bond donors (Lipinski definition) is 1. The Morgan fingerprint density at radius 3 is 2.65 bits per heavy atom. The molecule has 110 valence electrons. The van der Waals surface area contributed by atoms with Crippen LogP contribution in [0.25, 0.3) is 0 Å². The molecule has 0 atom stereocenters. The molecule has 1 aromatic rings. The SMILES string of the molecule is CC1(n2c(C3CCCC3)nc3c2CCNC3)CCCC1. The number of aromatic nitrogens is 2. The fourth-order valence-electron chi connectivity index (χ4n) is 4.75. The van der Waals surface area contributed by atoms with Crippen molar-refractivity contribution in [2.24, 2.45) is 0 Å². The third kappa shape index (κ3) is 1.93. The van der Waals surface area contributed by atoms with Crippen molar-refractivity contribution in [2.75, 3.05) is 6.54 Å². The van der Waals surface area contributed by atoms with Crippen LogP contribution in [0.4, 0.5) is 0 Å². The van der Waals surface area contributed by atoms with Gasteiger partial charge in [0.25, 0.3) is 0 Å². The molecule has 2 fully saturated rings. The van der Waals surface area contributed by atoms with Gasteiger partial charge in [-0.15, -0.1) is 0 Å². The summed E-state index contributed by atoms with van der Waals surface area (Å²) in [5.74, 6) is 2.18. The lowest BCUT2D eigenvalue weighted by molar-refractivity contribution is 0.301. The molecule has 4 rings (SSSR count). The second-order valence-electron chi connectivity index (χ2n) is 7.31. The molecule has 0 aromatic carbocycles. The third-order valence-electron chi connectivity index (χ3n) is 5.85. The van der Waals surface area contributed by atoms with E-state index in [0.717, 1.165) is 19.0 Å². The molecule has 2 aliphatic carbocycles. The Labute approximate surface area is 122 Å². The lowest BCUT2D eigenvalue weighted by atomic mass is 9.96. The van der Waals surface area contributed by atoms with Crippen LogP contribution in [-0.4, -0.2) is 16.1 Å². The molecule has 2 heterocycles. The molecule has 1 aromatic heterocycles. The number of hydrogen-bond acceptors (Lipinski definition) is 2. The summed E-state index contributed by atoms with van der Waals surface area (Å²) in [5, 5.41) is 3.50. The van der Waals surface area contributed by atoms with Gasteiger partial charge in [-0.3, -0.25) is 0 Å². The zero-order valence-corrected chi connectivity index (χ0v) is 12.7. The van der Waals surface area contributed by atoms with E-state index in [9.17, 15) is 0 Å². The molecular weight excluding hydrogens is 246 g/mol. The van der Waals surface area contributed by atoms with E-state index >= 15 is 0 Å². The first kappa shape index (κ1) is 12.9. The van der Waals surface area contributed by atoms with Gasteiger partial charge >= 0.3 is 0 Å². The van der Waals surface area contributed by atoms with Crippen molar-refractivity contribution in [1.29, 1.82) is 0 Å². The quantitative estimate of drug-likeness (QED) is 0.894. The zero-order valence-electron chi connectivity index (χ0n) is 12.7. The highest BCUT2D eigenvalue weighted by Crippen LogP contribution is 2.43. The van der Waals surface area contributed by atoms with Crippen molar-refractivity contribution in [3.05, 3.63) is 17.2 Å². The highest BCUT2D eigenvalue weighted by molar-refractivity contribution is 5.25. The first-order valence-electron chi connectivity index (χ1n) is 8.59. The Morgan fingerprint density at radius 2 is 1.90 bits per heavy atom. The monoisotopic (exact) mass is 273 g/mol. The van der Waals surface area contributed by atoms with Gasteiger partial charge in [0.05, 0.1) is 5.69 Å². The number of imidazole rings is 1. The fraction of sp³-hybridized carbons (Fsp3) is 0.824. The summed E-state index contributed by atoms with van der Waals surface area (Å²) in [4.78, 5) is 5.12. The summed E-state index contributed by atoms with van der Waals surface area (Å²) < 4.78 is 2.73. The molecule has 20 heavy (non-hydrogen) atoms. The molecule has 0 bridgehead atoms. The van der Waals surface area contributed by atoms with Gasteiger partial charge in [0.2, 0.25) is 0 Å². The van der Waals surface area contributed by atoms with Gasteiger partial charge in [0.1, 0.15) is 5.82 Å². The van der Waals surface area contributed by atoms with E-state index in [1.165, 1.54) is 69.3 Å². The van der Waals surface area contributed by atoms with Gasteiger partial charge < -0.3 is 9.88 Å². The van der Waals surface area contributed by atoms with E-state index in [0.29, 0.717) is 5.54 Å². The van der Waals surface area contributed by atoms with Crippen LogP contribution in [0.3, 0.4) is 0 Å². The van der Waals surface area contributed by atoms with Crippen LogP contribution in [0.15, 0.2) is 0 Å². The molecule has 1 N–H and O–H groups in total. The van der Waals surface area contributed by atoms with Crippen molar-refractivity contribution in [3.63, 3.8) is 0 Å². The Balaban J connectivity index is 1.82. The number of fused-ring (bicyclic) bond motifs is 1. The number of nitrogens with one attached hydrogen (secondary N) is 1. The fourth-order valence-corrected chi connectivity index (χ4v) is 4.75. The van der Waals surface area contributed by atoms with Crippen molar-refractivity contribution in [1.82, 2.24) is 14.9 Å². The Bertz CT molecular complexity index is 491. The maximum absolute atomic E-state index is 5.12. The molecule has 2 saturated carbocycles. The van der Waals surface area contributed by atoms with Crippen LogP contribution in [0.5, 0.6) is 0 Å². The van der Waals surface area contributed by atoms with Gasteiger partial charge in [-0.05, 0) is 32.6 Å². The molecule has 3 nitrogen and oxygen atoms in total. The molecule has 3 aliphatic rings. The van der Waals surface area contributed by atoms with Crippen LogP contribution < -0.4 is 5.32 Å². The van der Waals surface area contributed by atoms with Crippen molar-refractivity contribution in [2.45, 2.75) is 82.7 Å². The lowest BCUT2D eigenvalue weighted by Crippen LogP contribution is -2.33. The average Bonchev–Trinajstić information content (AvgIpc) is 3.17. The average molecular weight is 273 g/mol. The maximum Gasteiger partial charge on any atom is 0.112 e. The van der Waals surface area contributed by atoms with Crippen molar-refractivity contribution in [3.8, 4) is 0 Å². The van der Waals surface area contributed by atoms with Crippen molar-refractivity contribution >= 4 is 0 Å². The summed E-state index contributed by atoms with van der Waals surface area (Å²) in [5.41, 5.74) is 3.27. The molecule has 0 unspecified atom stereocenters. The van der Waals surface area contributed by atoms with Crippen LogP contribution >= 0.6 is 0 Å². The third-order valence-corrected chi connectivity index (χ3v) is 5.85. The summed E-state index contributed by atoms with van der Waals surface area (Å²) >= 11 is 0. The standard InChI is InChI=1S/C17H27N3/c1-17(9-4-5-10-17)20-15-8-11-18-12-14(15)19-16(20)13-6-2-3-7-13/h13,18H,2-12H2,1H3. The first-order valence-corrected chi connectivity index (χ1v) is 8.59. The Hall–Kier alpha value is -0.830. The molecule has 3 heteroatoms. The van der Waals surface area contributed by atoms with E-state index in [4.69, 9.17) is 4.98 Å². The van der Waals surface area contributed by atoms with E-state index < -0.39 is 0 Å². The molecule has 0 saturated heterocycles. The van der Waals surface area contributed by atoms with Crippen LogP contribution in [-0.2, 0) is 18.5 Å². The van der Waals surface area contributed by atoms with Gasteiger partial charge in [0.15, 0.2) is 0 Å². The van der Waals surface area contributed by atoms with E-state index in [1.807, 2.05) is 0 Å². The second-order valence-corrected chi connectivity index (χ2v) is 7.31. The maximum atomic E-state index is 5.12. The number of nitrogens with zero attached hydrogens (tertiary/aromatic N) is 2. The topological polar surface area (TPSA) is 29.9 Å². The van der Waals surface area contributed by atoms with Crippen LogP contribution in [0.2, 0.25) is 0 Å². The number of rotatable bonds is 2. The lowest BCUT2D eigenvalue weighted by Gasteiger charge is -2.32. The largest absolute Gasteiger partial charge is 0.326 e. The normalized spacial score (nSPS) is 26.1. The molecule has 0 amide bonds. The summed E-state index contributed by atoms with van der Waals surface area (Å²) in [6, 6.07) is 0. The summed E-state index contributed by atoms with van der Waals surface area (Å²) in [6.45, 7) is 4.60. The van der Waals surface area contributed by atoms with E-state index in [2.05, 4.69) is 16.8 Å². The van der Waals surface area contributed by atoms with E-state index in [-0.39, 0.29) is 0 Å². The first-order chi connectivity index (χ1) is 9.78. The van der Waals surface area contributed by atoms with Gasteiger partial charge in [-0.1, -0.05) is 25.7 Å².